The van der Waals surface area contributed by atoms with Crippen molar-refractivity contribution in [2.24, 2.45) is 5.92 Å². The number of carbonyl (C=O) groups is 1. The summed E-state index contributed by atoms with van der Waals surface area (Å²) in [4.78, 5) is 15.1. The molecule has 0 radical (unpaired) electrons. The van der Waals surface area contributed by atoms with Crippen molar-refractivity contribution in [2.75, 3.05) is 12.8 Å². The van der Waals surface area contributed by atoms with E-state index in [-0.39, 0.29) is 11.7 Å². The van der Waals surface area contributed by atoms with Crippen molar-refractivity contribution >= 4 is 16.0 Å². The van der Waals surface area contributed by atoms with Crippen LogP contribution in [-0.4, -0.2) is 32.0 Å². The number of aryl methyl sites for hydroxylation is 1. The molecule has 0 aliphatic rings. The van der Waals surface area contributed by atoms with Gasteiger partial charge in [0.25, 0.3) is 5.91 Å². The Morgan fingerprint density at radius 2 is 1.56 bits per heavy atom. The summed E-state index contributed by atoms with van der Waals surface area (Å²) in [6, 6.07) is 14.8. The maximum Gasteiger partial charge on any atom is 0.306 e. The molecule has 0 saturated heterocycles. The first-order chi connectivity index (χ1) is 15.2. The first kappa shape index (κ1) is 25.9. The molecule has 2 rings (SSSR count). The molecule has 0 unspecified atom stereocenters. The van der Waals surface area contributed by atoms with E-state index in [1.807, 2.05) is 17.0 Å². The fourth-order valence-electron chi connectivity index (χ4n) is 3.46. The van der Waals surface area contributed by atoms with Gasteiger partial charge in [-0.15, -0.1) is 0 Å². The van der Waals surface area contributed by atoms with Crippen LogP contribution in [-0.2, 0) is 23.1 Å². The zero-order chi connectivity index (χ0) is 23.6. The van der Waals surface area contributed by atoms with E-state index in [2.05, 4.69) is 32.9 Å². The number of nitrogens with zero attached hydrogens (tertiary/aromatic N) is 1. The number of carbonyl (C=O) groups excluding carboxylic acids is 1. The van der Waals surface area contributed by atoms with Crippen LogP contribution < -0.4 is 4.18 Å². The summed E-state index contributed by atoms with van der Waals surface area (Å²) in [5.74, 6) is 0.770. The number of hydrogen-bond donors (Lipinski definition) is 0. The van der Waals surface area contributed by atoms with Gasteiger partial charge in [-0.25, -0.2) is 0 Å². The summed E-state index contributed by atoms with van der Waals surface area (Å²) in [6.45, 7) is 7.63. The minimum atomic E-state index is -3.56. The lowest BCUT2D eigenvalue weighted by Gasteiger charge is -2.24. The SMILES string of the molecule is CCCCCCc1ccc(C(=O)N(CCC(C)C)Cc2ccc(OS(C)(=O)=O)cc2)cc1. The van der Waals surface area contributed by atoms with E-state index in [1.54, 1.807) is 24.3 Å². The Morgan fingerprint density at radius 3 is 2.12 bits per heavy atom. The predicted molar refractivity (Wildman–Crippen MR) is 130 cm³/mol. The lowest BCUT2D eigenvalue weighted by Crippen LogP contribution is -2.32. The maximum absolute atomic E-state index is 13.2. The molecule has 0 aliphatic heterocycles. The van der Waals surface area contributed by atoms with Crippen molar-refractivity contribution in [3.63, 3.8) is 0 Å². The quantitative estimate of drug-likeness (QED) is 0.279. The number of benzene rings is 2. The molecule has 176 valence electrons. The van der Waals surface area contributed by atoms with E-state index < -0.39 is 10.1 Å². The van der Waals surface area contributed by atoms with Crippen molar-refractivity contribution in [3.05, 3.63) is 65.2 Å². The van der Waals surface area contributed by atoms with E-state index in [4.69, 9.17) is 4.18 Å². The second-order valence-corrected chi connectivity index (χ2v) is 10.4. The molecule has 0 N–H and O–H groups in total. The van der Waals surface area contributed by atoms with E-state index in [1.165, 1.54) is 31.2 Å². The molecule has 2 aromatic carbocycles. The van der Waals surface area contributed by atoms with Gasteiger partial charge in [0.05, 0.1) is 6.26 Å². The maximum atomic E-state index is 13.2. The van der Waals surface area contributed by atoms with Crippen LogP contribution >= 0.6 is 0 Å². The van der Waals surface area contributed by atoms with Gasteiger partial charge in [0.15, 0.2) is 0 Å². The summed E-state index contributed by atoms with van der Waals surface area (Å²) in [5, 5.41) is 0. The molecule has 0 fully saturated rings. The predicted octanol–water partition coefficient (Wildman–Crippen LogP) is 5.84. The highest BCUT2D eigenvalue weighted by Gasteiger charge is 2.17. The summed E-state index contributed by atoms with van der Waals surface area (Å²) in [7, 11) is -3.56. The summed E-state index contributed by atoms with van der Waals surface area (Å²) < 4.78 is 27.5. The Balaban J connectivity index is 2.07. The van der Waals surface area contributed by atoms with Gasteiger partial charge in [-0.2, -0.15) is 8.42 Å². The third-order valence-electron chi connectivity index (χ3n) is 5.33. The third-order valence-corrected chi connectivity index (χ3v) is 5.82. The summed E-state index contributed by atoms with van der Waals surface area (Å²) in [6.07, 6.45) is 7.90. The smallest absolute Gasteiger partial charge is 0.306 e. The zero-order valence-corrected chi connectivity index (χ0v) is 20.7. The highest BCUT2D eigenvalue weighted by atomic mass is 32.2. The van der Waals surface area contributed by atoms with Gasteiger partial charge < -0.3 is 9.08 Å². The van der Waals surface area contributed by atoms with Crippen LogP contribution in [0.25, 0.3) is 0 Å². The number of unbranched alkanes of at least 4 members (excludes halogenated alkanes) is 3. The fourth-order valence-corrected chi connectivity index (χ4v) is 3.93. The largest absolute Gasteiger partial charge is 0.383 e. The minimum absolute atomic E-state index is 0.0136. The normalized spacial score (nSPS) is 11.5. The molecule has 2 aromatic rings. The third kappa shape index (κ3) is 9.43. The molecule has 0 spiro atoms. The molecule has 5 nitrogen and oxygen atoms in total. The van der Waals surface area contributed by atoms with Crippen LogP contribution in [0.1, 0.15) is 74.4 Å². The molecule has 0 bridgehead atoms. The van der Waals surface area contributed by atoms with E-state index in [9.17, 15) is 13.2 Å². The lowest BCUT2D eigenvalue weighted by atomic mass is 10.0. The van der Waals surface area contributed by atoms with Crippen molar-refractivity contribution in [1.82, 2.24) is 4.90 Å². The van der Waals surface area contributed by atoms with Crippen LogP contribution in [0.4, 0.5) is 0 Å². The van der Waals surface area contributed by atoms with Gasteiger partial charge in [-0.3, -0.25) is 4.79 Å². The highest BCUT2D eigenvalue weighted by molar-refractivity contribution is 7.86. The van der Waals surface area contributed by atoms with Crippen LogP contribution in [0.3, 0.4) is 0 Å². The number of amides is 1. The van der Waals surface area contributed by atoms with Crippen LogP contribution in [0.2, 0.25) is 0 Å². The molecule has 1 amide bonds. The average molecular weight is 460 g/mol. The Kier molecular flexibility index (Phi) is 10.2. The Hall–Kier alpha value is -2.34. The van der Waals surface area contributed by atoms with Crippen molar-refractivity contribution in [1.29, 1.82) is 0 Å². The highest BCUT2D eigenvalue weighted by Crippen LogP contribution is 2.18. The molecule has 0 heterocycles. The zero-order valence-electron chi connectivity index (χ0n) is 19.8. The Bertz CT molecular complexity index is 935. The van der Waals surface area contributed by atoms with Gasteiger partial charge >= 0.3 is 10.1 Å². The van der Waals surface area contributed by atoms with Crippen molar-refractivity contribution in [2.45, 2.75) is 65.8 Å². The van der Waals surface area contributed by atoms with Gasteiger partial charge in [0, 0.05) is 18.7 Å². The van der Waals surface area contributed by atoms with E-state index >= 15 is 0 Å². The standard InChI is InChI=1S/C26H37NO4S/c1-5-6-7-8-9-22-10-14-24(15-11-22)26(28)27(19-18-21(2)3)20-23-12-16-25(17-13-23)31-32(4,29)30/h10-17,21H,5-9,18-20H2,1-4H3. The Morgan fingerprint density at radius 1 is 0.938 bits per heavy atom. The Labute approximate surface area is 193 Å². The molecule has 0 aromatic heterocycles. The molecule has 0 atom stereocenters. The molecule has 0 aliphatic carbocycles. The number of hydrogen-bond acceptors (Lipinski definition) is 4. The second-order valence-electron chi connectivity index (χ2n) is 8.85. The summed E-state index contributed by atoms with van der Waals surface area (Å²) in [5.41, 5.74) is 2.89. The first-order valence-electron chi connectivity index (χ1n) is 11.5. The minimum Gasteiger partial charge on any atom is -0.383 e. The van der Waals surface area contributed by atoms with Crippen molar-refractivity contribution in [3.8, 4) is 5.75 Å². The van der Waals surface area contributed by atoms with Gasteiger partial charge in [0.2, 0.25) is 0 Å². The topological polar surface area (TPSA) is 63.7 Å². The van der Waals surface area contributed by atoms with Gasteiger partial charge in [-0.1, -0.05) is 64.3 Å². The lowest BCUT2D eigenvalue weighted by molar-refractivity contribution is 0.0735. The van der Waals surface area contributed by atoms with Crippen LogP contribution in [0.15, 0.2) is 48.5 Å². The second kappa shape index (κ2) is 12.6. The number of rotatable bonds is 13. The van der Waals surface area contributed by atoms with E-state index in [0.717, 1.165) is 24.7 Å². The van der Waals surface area contributed by atoms with Crippen molar-refractivity contribution < 1.29 is 17.4 Å². The summed E-state index contributed by atoms with van der Waals surface area (Å²) >= 11 is 0. The average Bonchev–Trinajstić information content (AvgIpc) is 2.74. The molecular weight excluding hydrogens is 422 g/mol. The fraction of sp³-hybridized carbons (Fsp3) is 0.500. The van der Waals surface area contributed by atoms with Gasteiger partial charge in [-0.05, 0) is 60.6 Å². The molecular formula is C26H37NO4S. The first-order valence-corrected chi connectivity index (χ1v) is 13.4. The van der Waals surface area contributed by atoms with Gasteiger partial charge in [0.1, 0.15) is 5.75 Å². The molecule has 32 heavy (non-hydrogen) atoms. The van der Waals surface area contributed by atoms with E-state index in [0.29, 0.717) is 24.6 Å². The van der Waals surface area contributed by atoms with Crippen LogP contribution in [0.5, 0.6) is 5.75 Å². The van der Waals surface area contributed by atoms with Crippen LogP contribution in [0, 0.1) is 5.92 Å². The monoisotopic (exact) mass is 459 g/mol. The molecule has 6 heteroatoms. The molecule has 0 saturated carbocycles.